The summed E-state index contributed by atoms with van der Waals surface area (Å²) in [5, 5.41) is 4.84. The monoisotopic (exact) mass is 430 g/mol. The van der Waals surface area contributed by atoms with E-state index in [-0.39, 0.29) is 10.8 Å². The largest absolute Gasteiger partial charge is 0.494 e. The van der Waals surface area contributed by atoms with Crippen molar-refractivity contribution in [2.24, 2.45) is 0 Å². The Labute approximate surface area is 174 Å². The molecule has 2 aromatic carbocycles. The molecule has 1 amide bonds. The second-order valence-electron chi connectivity index (χ2n) is 6.17. The van der Waals surface area contributed by atoms with E-state index in [0.717, 1.165) is 6.42 Å². The molecular weight excluding hydrogens is 408 g/mol. The molecule has 0 aliphatic carbocycles. The topological polar surface area (TPSA) is 84.5 Å². The molecule has 0 aliphatic heterocycles. The molecule has 0 aliphatic rings. The Morgan fingerprint density at radius 3 is 2.38 bits per heavy atom. The van der Waals surface area contributed by atoms with Crippen molar-refractivity contribution >= 4 is 33.0 Å². The van der Waals surface area contributed by atoms with Gasteiger partial charge >= 0.3 is 0 Å². The van der Waals surface area contributed by atoms with Crippen molar-refractivity contribution in [3.63, 3.8) is 0 Å². The Hall–Kier alpha value is -2.84. The molecule has 152 valence electrons. The predicted octanol–water partition coefficient (Wildman–Crippen LogP) is 3.92. The zero-order valence-corrected chi connectivity index (χ0v) is 17.6. The summed E-state index contributed by atoms with van der Waals surface area (Å²) in [6.45, 7) is 2.95. The third kappa shape index (κ3) is 5.82. The third-order valence-electron chi connectivity index (χ3n) is 4.08. The number of sulfonamides is 1. The second kappa shape index (κ2) is 9.58. The summed E-state index contributed by atoms with van der Waals surface area (Å²) >= 11 is 1.65. The minimum Gasteiger partial charge on any atom is -0.494 e. The highest BCUT2D eigenvalue weighted by Crippen LogP contribution is 2.20. The number of hydrogen-bond donors (Lipinski definition) is 2. The van der Waals surface area contributed by atoms with E-state index >= 15 is 0 Å². The van der Waals surface area contributed by atoms with Crippen molar-refractivity contribution in [1.82, 2.24) is 5.32 Å². The third-order valence-corrected chi connectivity index (χ3v) is 6.41. The molecule has 2 N–H and O–H groups in total. The maximum Gasteiger partial charge on any atom is 0.261 e. The molecule has 0 saturated carbocycles. The SMILES string of the molecule is CCOc1ccc(NS(=O)(=O)c2ccc(C(=O)NCCc3cccs3)cc2)cc1. The summed E-state index contributed by atoms with van der Waals surface area (Å²) in [4.78, 5) is 13.5. The van der Waals surface area contributed by atoms with Crippen molar-refractivity contribution in [2.75, 3.05) is 17.9 Å². The highest BCUT2D eigenvalue weighted by atomic mass is 32.2. The summed E-state index contributed by atoms with van der Waals surface area (Å²) in [6, 6.07) is 16.5. The lowest BCUT2D eigenvalue weighted by Gasteiger charge is -2.10. The smallest absolute Gasteiger partial charge is 0.261 e. The summed E-state index contributed by atoms with van der Waals surface area (Å²) in [5.74, 6) is 0.440. The van der Waals surface area contributed by atoms with Crippen molar-refractivity contribution < 1.29 is 17.9 Å². The first-order valence-corrected chi connectivity index (χ1v) is 11.5. The molecule has 0 unspecified atom stereocenters. The molecule has 0 radical (unpaired) electrons. The van der Waals surface area contributed by atoms with Crippen molar-refractivity contribution in [1.29, 1.82) is 0 Å². The van der Waals surface area contributed by atoms with Gasteiger partial charge in [-0.05, 0) is 73.3 Å². The van der Waals surface area contributed by atoms with Crippen LogP contribution in [0, 0.1) is 0 Å². The average molecular weight is 431 g/mol. The minimum absolute atomic E-state index is 0.0847. The molecule has 8 heteroatoms. The molecule has 29 heavy (non-hydrogen) atoms. The van der Waals surface area contributed by atoms with Gasteiger partial charge in [-0.2, -0.15) is 0 Å². The number of hydrogen-bond acceptors (Lipinski definition) is 5. The van der Waals surface area contributed by atoms with E-state index in [0.29, 0.717) is 30.2 Å². The lowest BCUT2D eigenvalue weighted by molar-refractivity contribution is 0.0954. The molecule has 3 rings (SSSR count). The molecule has 3 aromatic rings. The molecule has 1 aromatic heterocycles. The van der Waals surface area contributed by atoms with Crippen molar-refractivity contribution in [2.45, 2.75) is 18.2 Å². The van der Waals surface area contributed by atoms with E-state index in [1.54, 1.807) is 35.6 Å². The van der Waals surface area contributed by atoms with E-state index in [9.17, 15) is 13.2 Å². The molecule has 0 fully saturated rings. The summed E-state index contributed by atoms with van der Waals surface area (Å²) < 4.78 is 33.0. The van der Waals surface area contributed by atoms with Crippen LogP contribution in [0.1, 0.15) is 22.2 Å². The van der Waals surface area contributed by atoms with Crippen LogP contribution in [0.3, 0.4) is 0 Å². The van der Waals surface area contributed by atoms with E-state index < -0.39 is 10.0 Å². The zero-order chi connectivity index (χ0) is 20.7. The number of carbonyl (C=O) groups excluding carboxylic acids is 1. The second-order valence-corrected chi connectivity index (χ2v) is 8.89. The fourth-order valence-electron chi connectivity index (χ4n) is 2.64. The lowest BCUT2D eigenvalue weighted by atomic mass is 10.2. The van der Waals surface area contributed by atoms with Gasteiger partial charge in [-0.25, -0.2) is 8.42 Å². The Morgan fingerprint density at radius 2 is 1.76 bits per heavy atom. The zero-order valence-electron chi connectivity index (χ0n) is 15.9. The predicted molar refractivity (Wildman–Crippen MR) is 115 cm³/mol. The fraction of sp³-hybridized carbons (Fsp3) is 0.190. The van der Waals surface area contributed by atoms with Gasteiger partial charge in [0.25, 0.3) is 15.9 Å². The Bertz CT molecular complexity index is 1030. The van der Waals surface area contributed by atoms with Gasteiger partial charge in [0.15, 0.2) is 0 Å². The van der Waals surface area contributed by atoms with Gasteiger partial charge in [0, 0.05) is 22.7 Å². The standard InChI is InChI=1S/C21H22N2O4S2/c1-2-27-18-9-7-17(8-10-18)23-29(25,26)20-11-5-16(6-12-20)21(24)22-14-13-19-4-3-15-28-19/h3-12,15,23H,2,13-14H2,1H3,(H,22,24). The first-order chi connectivity index (χ1) is 14.0. The minimum atomic E-state index is -3.75. The Kier molecular flexibility index (Phi) is 6.90. The van der Waals surface area contributed by atoms with Crippen LogP contribution >= 0.6 is 11.3 Å². The van der Waals surface area contributed by atoms with Crippen LogP contribution in [0.15, 0.2) is 70.9 Å². The molecule has 0 spiro atoms. The summed E-state index contributed by atoms with van der Waals surface area (Å²) in [7, 11) is -3.75. The normalized spacial score (nSPS) is 11.1. The van der Waals surface area contributed by atoms with Gasteiger partial charge in [0.1, 0.15) is 5.75 Å². The number of thiophene rings is 1. The molecular formula is C21H22N2O4S2. The van der Waals surface area contributed by atoms with Crippen LogP contribution in [0.4, 0.5) is 5.69 Å². The van der Waals surface area contributed by atoms with E-state index in [1.165, 1.54) is 29.1 Å². The van der Waals surface area contributed by atoms with Crippen molar-refractivity contribution in [3.8, 4) is 5.75 Å². The molecule has 0 bridgehead atoms. The van der Waals surface area contributed by atoms with Crippen molar-refractivity contribution in [3.05, 3.63) is 76.5 Å². The fourth-order valence-corrected chi connectivity index (χ4v) is 4.41. The maximum atomic E-state index is 12.6. The number of amides is 1. The molecule has 1 heterocycles. The van der Waals surface area contributed by atoms with Crippen LogP contribution in [0.2, 0.25) is 0 Å². The van der Waals surface area contributed by atoms with E-state index in [2.05, 4.69) is 10.0 Å². The Morgan fingerprint density at radius 1 is 1.03 bits per heavy atom. The number of carbonyl (C=O) groups is 1. The van der Waals surface area contributed by atoms with Gasteiger partial charge in [0.05, 0.1) is 11.5 Å². The maximum absolute atomic E-state index is 12.6. The van der Waals surface area contributed by atoms with Crippen LogP contribution < -0.4 is 14.8 Å². The number of benzene rings is 2. The summed E-state index contributed by atoms with van der Waals surface area (Å²) in [5.41, 5.74) is 0.847. The van der Waals surface area contributed by atoms with Gasteiger partial charge in [-0.1, -0.05) is 6.07 Å². The first-order valence-electron chi connectivity index (χ1n) is 9.14. The van der Waals surface area contributed by atoms with Gasteiger partial charge in [0.2, 0.25) is 0 Å². The van der Waals surface area contributed by atoms with Crippen LogP contribution in [-0.4, -0.2) is 27.5 Å². The van der Waals surface area contributed by atoms with Crippen LogP contribution in [0.5, 0.6) is 5.75 Å². The molecule has 6 nitrogen and oxygen atoms in total. The number of anilines is 1. The number of ether oxygens (including phenoxy) is 1. The van der Waals surface area contributed by atoms with E-state index in [1.807, 2.05) is 24.4 Å². The van der Waals surface area contributed by atoms with Crippen LogP contribution in [0.25, 0.3) is 0 Å². The number of rotatable bonds is 9. The molecule has 0 saturated heterocycles. The van der Waals surface area contributed by atoms with Gasteiger partial charge < -0.3 is 10.1 Å². The lowest BCUT2D eigenvalue weighted by Crippen LogP contribution is -2.25. The summed E-state index contributed by atoms with van der Waals surface area (Å²) in [6.07, 6.45) is 0.766. The Balaban J connectivity index is 1.59. The highest BCUT2D eigenvalue weighted by Gasteiger charge is 2.15. The van der Waals surface area contributed by atoms with Gasteiger partial charge in [-0.3, -0.25) is 9.52 Å². The highest BCUT2D eigenvalue weighted by molar-refractivity contribution is 7.92. The molecule has 0 atom stereocenters. The quantitative estimate of drug-likeness (QED) is 0.539. The van der Waals surface area contributed by atoms with Gasteiger partial charge in [-0.15, -0.1) is 11.3 Å². The van der Waals surface area contributed by atoms with E-state index in [4.69, 9.17) is 4.74 Å². The first kappa shape index (κ1) is 20.9. The average Bonchev–Trinajstić information content (AvgIpc) is 3.23. The van der Waals surface area contributed by atoms with Crippen LogP contribution in [-0.2, 0) is 16.4 Å². The number of nitrogens with one attached hydrogen (secondary N) is 2.